The molecule has 1 unspecified atom stereocenters. The number of carbonyl (C=O) groups excluding carboxylic acids is 1. The SMILES string of the molecule is COCCN1CCC(NC(=O)Nc2ccc3nc(NC4CCCc5cccc(OC)c54)ccc3c2)CC1. The molecule has 0 saturated carbocycles. The van der Waals surface area contributed by atoms with Gasteiger partial charge < -0.3 is 30.3 Å². The van der Waals surface area contributed by atoms with Gasteiger partial charge in [-0.2, -0.15) is 0 Å². The zero-order valence-electron chi connectivity index (χ0n) is 21.8. The van der Waals surface area contributed by atoms with Crippen molar-refractivity contribution in [2.75, 3.05) is 51.1 Å². The summed E-state index contributed by atoms with van der Waals surface area (Å²) in [5, 5.41) is 10.7. The first kappa shape index (κ1) is 25.3. The van der Waals surface area contributed by atoms with E-state index in [1.807, 2.05) is 30.3 Å². The number of rotatable bonds is 8. The molecule has 2 aliphatic rings. The summed E-state index contributed by atoms with van der Waals surface area (Å²) in [5.74, 6) is 1.77. The lowest BCUT2D eigenvalue weighted by Gasteiger charge is -2.32. The zero-order chi connectivity index (χ0) is 25.6. The summed E-state index contributed by atoms with van der Waals surface area (Å²) < 4.78 is 10.8. The summed E-state index contributed by atoms with van der Waals surface area (Å²) in [6.07, 6.45) is 5.15. The van der Waals surface area contributed by atoms with E-state index in [4.69, 9.17) is 14.5 Å². The molecule has 1 aliphatic heterocycles. The number of hydrogen-bond acceptors (Lipinski definition) is 6. The van der Waals surface area contributed by atoms with Crippen LogP contribution in [0.1, 0.15) is 42.9 Å². The maximum Gasteiger partial charge on any atom is 0.319 e. The Balaban J connectivity index is 1.19. The first-order valence-corrected chi connectivity index (χ1v) is 13.2. The molecule has 2 amide bonds. The number of urea groups is 1. The van der Waals surface area contributed by atoms with E-state index < -0.39 is 0 Å². The Bertz CT molecular complexity index is 1210. The van der Waals surface area contributed by atoms with Crippen molar-refractivity contribution in [1.29, 1.82) is 0 Å². The van der Waals surface area contributed by atoms with Crippen LogP contribution in [0.15, 0.2) is 48.5 Å². The Kier molecular flexibility index (Phi) is 8.06. The van der Waals surface area contributed by atoms with Crippen LogP contribution in [0.25, 0.3) is 10.9 Å². The second-order valence-electron chi connectivity index (χ2n) is 9.93. The molecule has 1 aromatic heterocycles. The van der Waals surface area contributed by atoms with Gasteiger partial charge >= 0.3 is 6.03 Å². The number of hydrogen-bond donors (Lipinski definition) is 3. The molecule has 1 saturated heterocycles. The molecule has 1 fully saturated rings. The van der Waals surface area contributed by atoms with Gasteiger partial charge in [-0.05, 0) is 74.1 Å². The minimum absolute atomic E-state index is 0.161. The van der Waals surface area contributed by atoms with Gasteiger partial charge in [-0.15, -0.1) is 0 Å². The normalized spacial score (nSPS) is 18.3. The first-order valence-electron chi connectivity index (χ1n) is 13.2. The standard InChI is InChI=1S/C29H37N5O3/c1-36-18-17-34-15-13-22(14-16-34)30-29(35)31-23-10-11-24-21(19-23)9-12-27(32-24)33-25-7-3-5-20-6-4-8-26(37-2)28(20)25/h4,6,8-12,19,22,25H,3,5,7,13-18H2,1-2H3,(H,32,33)(H2,30,31,35). The van der Waals surface area contributed by atoms with Gasteiger partial charge in [0.15, 0.2) is 0 Å². The van der Waals surface area contributed by atoms with Crippen LogP contribution in [0.2, 0.25) is 0 Å². The minimum atomic E-state index is -0.161. The third kappa shape index (κ3) is 6.14. The smallest absolute Gasteiger partial charge is 0.319 e. The van der Waals surface area contributed by atoms with Gasteiger partial charge in [-0.25, -0.2) is 9.78 Å². The van der Waals surface area contributed by atoms with Gasteiger partial charge in [0.1, 0.15) is 11.6 Å². The first-order chi connectivity index (χ1) is 18.1. The molecular weight excluding hydrogens is 466 g/mol. The van der Waals surface area contributed by atoms with E-state index in [1.54, 1.807) is 14.2 Å². The molecule has 37 heavy (non-hydrogen) atoms. The number of benzene rings is 2. The van der Waals surface area contributed by atoms with Gasteiger partial charge in [-0.1, -0.05) is 12.1 Å². The maximum absolute atomic E-state index is 12.6. The van der Waals surface area contributed by atoms with Crippen LogP contribution in [0.5, 0.6) is 5.75 Å². The third-order valence-electron chi connectivity index (χ3n) is 7.47. The van der Waals surface area contributed by atoms with Crippen LogP contribution in [0, 0.1) is 0 Å². The van der Waals surface area contributed by atoms with Crippen molar-refractivity contribution < 1.29 is 14.3 Å². The van der Waals surface area contributed by atoms with Crippen LogP contribution in [-0.4, -0.2) is 62.4 Å². The zero-order valence-corrected chi connectivity index (χ0v) is 21.8. The van der Waals surface area contributed by atoms with Crippen LogP contribution < -0.4 is 20.7 Å². The summed E-state index contributed by atoms with van der Waals surface area (Å²) in [6, 6.07) is 16.4. The van der Waals surface area contributed by atoms with E-state index in [0.717, 1.165) is 86.5 Å². The Hall–Kier alpha value is -3.36. The largest absolute Gasteiger partial charge is 0.496 e. The number of nitrogens with zero attached hydrogens (tertiary/aromatic N) is 2. The molecule has 2 heterocycles. The molecule has 0 radical (unpaired) electrons. The van der Waals surface area contributed by atoms with Crippen molar-refractivity contribution in [3.05, 3.63) is 59.7 Å². The van der Waals surface area contributed by atoms with E-state index in [9.17, 15) is 4.79 Å². The summed E-state index contributed by atoms with van der Waals surface area (Å²) in [7, 11) is 3.46. The topological polar surface area (TPSA) is 87.8 Å². The lowest BCUT2D eigenvalue weighted by atomic mass is 9.87. The lowest BCUT2D eigenvalue weighted by molar-refractivity contribution is 0.127. The number of methoxy groups -OCH3 is 2. The summed E-state index contributed by atoms with van der Waals surface area (Å²) in [4.78, 5) is 19.8. The average molecular weight is 504 g/mol. The summed E-state index contributed by atoms with van der Waals surface area (Å²) >= 11 is 0. The summed E-state index contributed by atoms with van der Waals surface area (Å²) in [5.41, 5.74) is 4.23. The van der Waals surface area contributed by atoms with Gasteiger partial charge in [0.05, 0.1) is 25.3 Å². The van der Waals surface area contributed by atoms with E-state index in [1.165, 1.54) is 11.1 Å². The second kappa shape index (κ2) is 11.8. The molecular formula is C29H37N5O3. The monoisotopic (exact) mass is 503 g/mol. The number of piperidine rings is 1. The molecule has 0 bridgehead atoms. The van der Waals surface area contributed by atoms with E-state index in [0.29, 0.717) is 0 Å². The molecule has 3 N–H and O–H groups in total. The van der Waals surface area contributed by atoms with E-state index >= 15 is 0 Å². The average Bonchev–Trinajstić information content (AvgIpc) is 2.92. The maximum atomic E-state index is 12.6. The van der Waals surface area contributed by atoms with Gasteiger partial charge in [0.25, 0.3) is 0 Å². The molecule has 2 aromatic carbocycles. The number of pyridine rings is 1. The van der Waals surface area contributed by atoms with Crippen molar-refractivity contribution in [3.63, 3.8) is 0 Å². The number of ether oxygens (including phenoxy) is 2. The van der Waals surface area contributed by atoms with Crippen molar-refractivity contribution in [2.45, 2.75) is 44.2 Å². The highest BCUT2D eigenvalue weighted by Gasteiger charge is 2.24. The fourth-order valence-corrected chi connectivity index (χ4v) is 5.50. The van der Waals surface area contributed by atoms with Crippen molar-refractivity contribution in [2.24, 2.45) is 0 Å². The van der Waals surface area contributed by atoms with E-state index in [-0.39, 0.29) is 18.1 Å². The number of amides is 2. The number of carbonyl (C=O) groups is 1. The molecule has 8 nitrogen and oxygen atoms in total. The fourth-order valence-electron chi connectivity index (χ4n) is 5.50. The van der Waals surface area contributed by atoms with Crippen LogP contribution in [0.3, 0.4) is 0 Å². The van der Waals surface area contributed by atoms with Gasteiger partial charge in [0, 0.05) is 49.4 Å². The van der Waals surface area contributed by atoms with Crippen LogP contribution in [0.4, 0.5) is 16.3 Å². The quantitative estimate of drug-likeness (QED) is 0.403. The number of nitrogens with one attached hydrogen (secondary N) is 3. The second-order valence-corrected chi connectivity index (χ2v) is 9.93. The number of aryl methyl sites for hydroxylation is 1. The highest BCUT2D eigenvalue weighted by atomic mass is 16.5. The third-order valence-corrected chi connectivity index (χ3v) is 7.47. The van der Waals surface area contributed by atoms with Crippen molar-refractivity contribution in [1.82, 2.24) is 15.2 Å². The molecule has 8 heteroatoms. The Morgan fingerprint density at radius 3 is 2.76 bits per heavy atom. The number of fused-ring (bicyclic) bond motifs is 2. The highest BCUT2D eigenvalue weighted by molar-refractivity contribution is 5.93. The van der Waals surface area contributed by atoms with Gasteiger partial charge in [-0.3, -0.25) is 0 Å². The number of aromatic nitrogens is 1. The van der Waals surface area contributed by atoms with Gasteiger partial charge in [0.2, 0.25) is 0 Å². The molecule has 196 valence electrons. The van der Waals surface area contributed by atoms with Crippen molar-refractivity contribution >= 4 is 28.4 Å². The molecule has 1 aliphatic carbocycles. The Morgan fingerprint density at radius 1 is 1.08 bits per heavy atom. The molecule has 3 aromatic rings. The van der Waals surface area contributed by atoms with Crippen LogP contribution >= 0.6 is 0 Å². The Morgan fingerprint density at radius 2 is 1.95 bits per heavy atom. The predicted molar refractivity (Wildman–Crippen MR) is 148 cm³/mol. The van der Waals surface area contributed by atoms with Crippen molar-refractivity contribution in [3.8, 4) is 5.75 Å². The van der Waals surface area contributed by atoms with E-state index in [2.05, 4.69) is 39.0 Å². The lowest BCUT2D eigenvalue weighted by Crippen LogP contribution is -2.46. The van der Waals surface area contributed by atoms with Crippen LogP contribution in [-0.2, 0) is 11.2 Å². The predicted octanol–water partition coefficient (Wildman–Crippen LogP) is 4.97. The highest BCUT2D eigenvalue weighted by Crippen LogP contribution is 2.38. The number of likely N-dealkylation sites (tertiary alicyclic amines) is 1. The fraction of sp³-hybridized carbons (Fsp3) is 0.448. The Labute approximate surface area is 218 Å². The molecule has 1 atom stereocenters. The molecule has 5 rings (SSSR count). The molecule has 0 spiro atoms. The minimum Gasteiger partial charge on any atom is -0.496 e. The summed E-state index contributed by atoms with van der Waals surface area (Å²) in [6.45, 7) is 3.65. The number of anilines is 2.